The Balaban J connectivity index is 2.03. The lowest BCUT2D eigenvalue weighted by molar-refractivity contribution is -0.138. The van der Waals surface area contributed by atoms with Crippen molar-refractivity contribution in [3.8, 4) is 0 Å². The zero-order valence-corrected chi connectivity index (χ0v) is 15.3. The van der Waals surface area contributed by atoms with Gasteiger partial charge in [0, 0.05) is 18.3 Å². The number of aryl methyl sites for hydroxylation is 1. The Bertz CT molecular complexity index is 665. The highest BCUT2D eigenvalue weighted by molar-refractivity contribution is 5.99. The molecular formula is C18H26N2O5. The minimum atomic E-state index is -0.644. The standard InChI is InChI=1S/C18H26N2O5/c1-5-13-8-6-7-9-20(13)14(21)10-25-18(23)16-11(2)15(12(3)19-16)17(22)24-4/h13,19H,5-10H2,1-4H3/t13-/m0/s1. The van der Waals surface area contributed by atoms with Crippen molar-refractivity contribution >= 4 is 17.8 Å². The molecule has 1 N–H and O–H groups in total. The average molecular weight is 350 g/mol. The monoisotopic (exact) mass is 350 g/mol. The van der Waals surface area contributed by atoms with E-state index < -0.39 is 11.9 Å². The fourth-order valence-corrected chi connectivity index (χ4v) is 3.40. The highest BCUT2D eigenvalue weighted by atomic mass is 16.5. The number of methoxy groups -OCH3 is 1. The molecule has 0 aromatic carbocycles. The van der Waals surface area contributed by atoms with Crippen LogP contribution in [0.25, 0.3) is 0 Å². The molecule has 1 aliphatic heterocycles. The van der Waals surface area contributed by atoms with E-state index in [2.05, 4.69) is 11.9 Å². The fourth-order valence-electron chi connectivity index (χ4n) is 3.40. The smallest absolute Gasteiger partial charge is 0.355 e. The second-order valence-electron chi connectivity index (χ2n) is 6.34. The van der Waals surface area contributed by atoms with E-state index in [0.29, 0.717) is 23.4 Å². The van der Waals surface area contributed by atoms with Gasteiger partial charge in [-0.2, -0.15) is 0 Å². The van der Waals surface area contributed by atoms with Gasteiger partial charge in [-0.1, -0.05) is 6.92 Å². The van der Waals surface area contributed by atoms with E-state index in [0.717, 1.165) is 25.7 Å². The SMILES string of the molecule is CC[C@H]1CCCCN1C(=O)COC(=O)c1[nH]c(C)c(C(=O)OC)c1C. The molecule has 1 atom stereocenters. The minimum absolute atomic E-state index is 0.172. The van der Waals surface area contributed by atoms with Gasteiger partial charge < -0.3 is 19.4 Å². The first-order valence-corrected chi connectivity index (χ1v) is 8.64. The number of piperidine rings is 1. The van der Waals surface area contributed by atoms with Gasteiger partial charge in [-0.15, -0.1) is 0 Å². The molecule has 0 spiro atoms. The molecule has 2 heterocycles. The van der Waals surface area contributed by atoms with E-state index in [4.69, 9.17) is 9.47 Å². The molecule has 2 rings (SSSR count). The van der Waals surface area contributed by atoms with Crippen LogP contribution in [-0.2, 0) is 14.3 Å². The first kappa shape index (κ1) is 19.0. The molecule has 1 aromatic rings. The van der Waals surface area contributed by atoms with Crippen molar-refractivity contribution in [2.75, 3.05) is 20.3 Å². The zero-order chi connectivity index (χ0) is 18.6. The van der Waals surface area contributed by atoms with Crippen molar-refractivity contribution in [2.45, 2.75) is 52.5 Å². The quantitative estimate of drug-likeness (QED) is 0.824. The topological polar surface area (TPSA) is 88.7 Å². The van der Waals surface area contributed by atoms with Gasteiger partial charge in [-0.3, -0.25) is 4.79 Å². The van der Waals surface area contributed by atoms with Crippen LogP contribution < -0.4 is 0 Å². The van der Waals surface area contributed by atoms with Gasteiger partial charge in [-0.05, 0) is 45.1 Å². The number of aromatic amines is 1. The van der Waals surface area contributed by atoms with Crippen LogP contribution in [0.1, 0.15) is 64.7 Å². The van der Waals surface area contributed by atoms with E-state index in [-0.39, 0.29) is 24.2 Å². The predicted molar refractivity (Wildman–Crippen MR) is 91.5 cm³/mol. The lowest BCUT2D eigenvalue weighted by atomic mass is 10.00. The Labute approximate surface area is 147 Å². The molecular weight excluding hydrogens is 324 g/mol. The molecule has 1 aliphatic rings. The van der Waals surface area contributed by atoms with Gasteiger partial charge in [0.25, 0.3) is 5.91 Å². The Morgan fingerprint density at radius 2 is 1.92 bits per heavy atom. The number of H-pyrrole nitrogens is 1. The second-order valence-corrected chi connectivity index (χ2v) is 6.34. The summed E-state index contributed by atoms with van der Waals surface area (Å²) in [5.41, 5.74) is 1.50. The summed E-state index contributed by atoms with van der Waals surface area (Å²) in [5, 5.41) is 0. The van der Waals surface area contributed by atoms with Crippen LogP contribution in [0.3, 0.4) is 0 Å². The number of hydrogen-bond donors (Lipinski definition) is 1. The van der Waals surface area contributed by atoms with Gasteiger partial charge in [0.05, 0.1) is 12.7 Å². The maximum atomic E-state index is 12.4. The van der Waals surface area contributed by atoms with E-state index >= 15 is 0 Å². The maximum Gasteiger partial charge on any atom is 0.355 e. The van der Waals surface area contributed by atoms with Crippen molar-refractivity contribution < 1.29 is 23.9 Å². The van der Waals surface area contributed by atoms with Gasteiger partial charge >= 0.3 is 11.9 Å². The summed E-state index contributed by atoms with van der Waals surface area (Å²) in [6, 6.07) is 0.223. The highest BCUT2D eigenvalue weighted by Crippen LogP contribution is 2.21. The van der Waals surface area contributed by atoms with Crippen molar-refractivity contribution in [1.29, 1.82) is 0 Å². The molecule has 1 aromatic heterocycles. The number of aromatic nitrogens is 1. The van der Waals surface area contributed by atoms with Gasteiger partial charge in [-0.25, -0.2) is 9.59 Å². The largest absolute Gasteiger partial charge is 0.465 e. The Morgan fingerprint density at radius 1 is 1.20 bits per heavy atom. The molecule has 0 aliphatic carbocycles. The first-order valence-electron chi connectivity index (χ1n) is 8.64. The molecule has 7 heteroatoms. The number of carbonyl (C=O) groups is 3. The number of rotatable bonds is 5. The Kier molecular flexibility index (Phi) is 6.22. The summed E-state index contributed by atoms with van der Waals surface area (Å²) >= 11 is 0. The van der Waals surface area contributed by atoms with Gasteiger partial charge in [0.2, 0.25) is 0 Å². The molecule has 0 bridgehead atoms. The lowest BCUT2D eigenvalue weighted by Gasteiger charge is -2.35. The number of esters is 2. The summed E-state index contributed by atoms with van der Waals surface area (Å²) in [6.07, 6.45) is 4.00. The first-order chi connectivity index (χ1) is 11.9. The Morgan fingerprint density at radius 3 is 2.56 bits per heavy atom. The molecule has 1 saturated heterocycles. The van der Waals surface area contributed by atoms with Crippen LogP contribution in [0.15, 0.2) is 0 Å². The normalized spacial score (nSPS) is 17.3. The minimum Gasteiger partial charge on any atom is -0.465 e. The third-order valence-corrected chi connectivity index (χ3v) is 4.78. The van der Waals surface area contributed by atoms with Crippen LogP contribution in [-0.4, -0.2) is 54.0 Å². The summed E-state index contributed by atoms with van der Waals surface area (Å²) < 4.78 is 9.91. The molecule has 1 fully saturated rings. The Hall–Kier alpha value is -2.31. The molecule has 25 heavy (non-hydrogen) atoms. The molecule has 0 radical (unpaired) electrons. The predicted octanol–water partition coefficient (Wildman–Crippen LogP) is 2.37. The fraction of sp³-hybridized carbons (Fsp3) is 0.611. The van der Waals surface area contributed by atoms with Crippen molar-refractivity contribution in [1.82, 2.24) is 9.88 Å². The van der Waals surface area contributed by atoms with Crippen molar-refractivity contribution in [3.05, 3.63) is 22.5 Å². The van der Waals surface area contributed by atoms with Crippen molar-refractivity contribution in [3.63, 3.8) is 0 Å². The van der Waals surface area contributed by atoms with E-state index in [9.17, 15) is 14.4 Å². The van der Waals surface area contributed by atoms with Crippen LogP contribution in [0, 0.1) is 13.8 Å². The highest BCUT2D eigenvalue weighted by Gasteiger charge is 2.27. The summed E-state index contributed by atoms with van der Waals surface area (Å²) in [4.78, 5) is 41.1. The number of likely N-dealkylation sites (tertiary alicyclic amines) is 1. The van der Waals surface area contributed by atoms with E-state index in [1.165, 1.54) is 7.11 Å². The molecule has 0 unspecified atom stereocenters. The number of ether oxygens (including phenoxy) is 2. The zero-order valence-electron chi connectivity index (χ0n) is 15.3. The number of carbonyl (C=O) groups excluding carboxylic acids is 3. The molecule has 7 nitrogen and oxygen atoms in total. The van der Waals surface area contributed by atoms with Crippen molar-refractivity contribution in [2.24, 2.45) is 0 Å². The number of nitrogens with zero attached hydrogens (tertiary/aromatic N) is 1. The van der Waals surface area contributed by atoms with Gasteiger partial charge in [0.15, 0.2) is 6.61 Å². The molecule has 138 valence electrons. The molecule has 1 amide bonds. The van der Waals surface area contributed by atoms with Crippen LogP contribution in [0.5, 0.6) is 0 Å². The number of hydrogen-bond acceptors (Lipinski definition) is 5. The third kappa shape index (κ3) is 4.03. The van der Waals surface area contributed by atoms with Crippen LogP contribution >= 0.6 is 0 Å². The number of amides is 1. The third-order valence-electron chi connectivity index (χ3n) is 4.78. The summed E-state index contributed by atoms with van der Waals surface area (Å²) in [5.74, 6) is -1.33. The van der Waals surface area contributed by atoms with Crippen LogP contribution in [0.2, 0.25) is 0 Å². The number of nitrogens with one attached hydrogen (secondary N) is 1. The second kappa shape index (κ2) is 8.18. The summed E-state index contributed by atoms with van der Waals surface area (Å²) in [6.45, 7) is 5.80. The summed E-state index contributed by atoms with van der Waals surface area (Å²) in [7, 11) is 1.29. The lowest BCUT2D eigenvalue weighted by Crippen LogP contribution is -2.45. The van der Waals surface area contributed by atoms with Gasteiger partial charge in [0.1, 0.15) is 5.69 Å². The van der Waals surface area contributed by atoms with E-state index in [1.807, 2.05) is 4.90 Å². The van der Waals surface area contributed by atoms with E-state index in [1.54, 1.807) is 13.8 Å². The molecule has 0 saturated carbocycles. The van der Waals surface area contributed by atoms with Crippen LogP contribution in [0.4, 0.5) is 0 Å². The average Bonchev–Trinajstić information content (AvgIpc) is 2.93. The maximum absolute atomic E-state index is 12.4.